The summed E-state index contributed by atoms with van der Waals surface area (Å²) >= 11 is 8.20. The molecule has 0 aliphatic carbocycles. The molecule has 0 aliphatic heterocycles. The van der Waals surface area contributed by atoms with Crippen LogP contribution in [0.5, 0.6) is 0 Å². The molecule has 3 rings (SSSR count). The van der Waals surface area contributed by atoms with E-state index in [1.807, 2.05) is 36.7 Å². The lowest BCUT2D eigenvalue weighted by atomic mass is 10.1. The van der Waals surface area contributed by atoms with Gasteiger partial charge in [0.25, 0.3) is 0 Å². The van der Waals surface area contributed by atoms with Gasteiger partial charge >= 0.3 is 0 Å². The number of aromatic nitrogens is 1. The number of hydrogen-bond acceptors (Lipinski definition) is 3. The number of halogens is 1. The number of rotatable bonds is 4. The SMILES string of the molecule is C[C@H](NCc1sc2ccccc2c1Cl)c1ccncc1. The van der Waals surface area contributed by atoms with Crippen molar-refractivity contribution >= 4 is 33.0 Å². The molecule has 102 valence electrons. The highest BCUT2D eigenvalue weighted by Crippen LogP contribution is 2.35. The molecule has 2 nitrogen and oxygen atoms in total. The van der Waals surface area contributed by atoms with Gasteiger partial charge in [0.2, 0.25) is 0 Å². The third-order valence-electron chi connectivity index (χ3n) is 3.38. The van der Waals surface area contributed by atoms with Gasteiger partial charge in [0, 0.05) is 39.9 Å². The van der Waals surface area contributed by atoms with Crippen LogP contribution in [0.3, 0.4) is 0 Å². The average molecular weight is 303 g/mol. The van der Waals surface area contributed by atoms with Gasteiger partial charge in [-0.05, 0) is 30.7 Å². The molecule has 0 aliphatic rings. The fourth-order valence-electron chi connectivity index (χ4n) is 2.19. The number of nitrogens with one attached hydrogen (secondary N) is 1. The number of hydrogen-bond donors (Lipinski definition) is 1. The number of fused-ring (bicyclic) bond motifs is 1. The fraction of sp³-hybridized carbons (Fsp3) is 0.188. The molecule has 0 spiro atoms. The molecule has 0 unspecified atom stereocenters. The molecule has 1 aromatic carbocycles. The van der Waals surface area contributed by atoms with Crippen LogP contribution in [-0.2, 0) is 6.54 Å². The van der Waals surface area contributed by atoms with Crippen molar-refractivity contribution in [2.75, 3.05) is 0 Å². The Morgan fingerprint density at radius 2 is 1.95 bits per heavy atom. The van der Waals surface area contributed by atoms with Gasteiger partial charge in [-0.1, -0.05) is 29.8 Å². The summed E-state index contributed by atoms with van der Waals surface area (Å²) in [5.41, 5.74) is 1.23. The molecule has 0 radical (unpaired) electrons. The lowest BCUT2D eigenvalue weighted by Crippen LogP contribution is -2.17. The Morgan fingerprint density at radius 3 is 2.70 bits per heavy atom. The van der Waals surface area contributed by atoms with Crippen LogP contribution in [0.25, 0.3) is 10.1 Å². The first-order valence-electron chi connectivity index (χ1n) is 6.55. The van der Waals surface area contributed by atoms with Crippen LogP contribution in [0.1, 0.15) is 23.4 Å². The summed E-state index contributed by atoms with van der Waals surface area (Å²) in [7, 11) is 0. The Hall–Kier alpha value is -1.42. The standard InChI is InChI=1S/C16H15ClN2S/c1-11(12-6-8-18-9-7-12)19-10-15-16(17)13-4-2-3-5-14(13)20-15/h2-9,11,19H,10H2,1H3/t11-/m0/s1. The number of thiophene rings is 1. The monoisotopic (exact) mass is 302 g/mol. The van der Waals surface area contributed by atoms with Gasteiger partial charge in [-0.2, -0.15) is 0 Å². The third kappa shape index (κ3) is 2.70. The molecule has 0 fully saturated rings. The molecule has 4 heteroatoms. The van der Waals surface area contributed by atoms with Crippen LogP contribution < -0.4 is 5.32 Å². The fourth-order valence-corrected chi connectivity index (χ4v) is 3.64. The molecule has 0 saturated heterocycles. The quantitative estimate of drug-likeness (QED) is 0.749. The van der Waals surface area contributed by atoms with E-state index in [0.29, 0.717) is 0 Å². The molecular weight excluding hydrogens is 288 g/mol. The van der Waals surface area contributed by atoms with Crippen molar-refractivity contribution < 1.29 is 0 Å². The Kier molecular flexibility index (Phi) is 4.01. The number of pyridine rings is 1. The normalized spacial score (nSPS) is 12.7. The van der Waals surface area contributed by atoms with Crippen LogP contribution in [0.15, 0.2) is 48.8 Å². The van der Waals surface area contributed by atoms with Crippen molar-refractivity contribution in [2.45, 2.75) is 19.5 Å². The van der Waals surface area contributed by atoms with Crippen LogP contribution >= 0.6 is 22.9 Å². The van der Waals surface area contributed by atoms with E-state index in [-0.39, 0.29) is 6.04 Å². The highest BCUT2D eigenvalue weighted by molar-refractivity contribution is 7.19. The van der Waals surface area contributed by atoms with E-state index < -0.39 is 0 Å². The molecule has 20 heavy (non-hydrogen) atoms. The summed E-state index contributed by atoms with van der Waals surface area (Å²) in [6, 6.07) is 12.6. The van der Waals surface area contributed by atoms with E-state index in [2.05, 4.69) is 29.4 Å². The summed E-state index contributed by atoms with van der Waals surface area (Å²) in [6.45, 7) is 2.93. The second kappa shape index (κ2) is 5.92. The number of nitrogens with zero attached hydrogens (tertiary/aromatic N) is 1. The minimum Gasteiger partial charge on any atom is -0.305 e. The van der Waals surface area contributed by atoms with Crippen molar-refractivity contribution in [1.29, 1.82) is 0 Å². The summed E-state index contributed by atoms with van der Waals surface area (Å²) in [4.78, 5) is 5.23. The smallest absolute Gasteiger partial charge is 0.0636 e. The van der Waals surface area contributed by atoms with Crippen LogP contribution in [0.4, 0.5) is 0 Å². The number of benzene rings is 1. The molecule has 2 heterocycles. The average Bonchev–Trinajstić information content (AvgIpc) is 2.83. The van der Waals surface area contributed by atoms with Gasteiger partial charge in [-0.3, -0.25) is 4.98 Å². The second-order valence-corrected chi connectivity index (χ2v) is 6.23. The highest BCUT2D eigenvalue weighted by atomic mass is 35.5. The second-order valence-electron chi connectivity index (χ2n) is 4.72. The third-order valence-corrected chi connectivity index (χ3v) is 5.09. The molecule has 1 atom stereocenters. The predicted octanol–water partition coefficient (Wildman–Crippen LogP) is 4.80. The van der Waals surface area contributed by atoms with Crippen molar-refractivity contribution in [3.63, 3.8) is 0 Å². The van der Waals surface area contributed by atoms with E-state index in [1.165, 1.54) is 15.1 Å². The summed E-state index contributed by atoms with van der Waals surface area (Å²) in [5, 5.41) is 5.54. The Morgan fingerprint density at radius 1 is 1.20 bits per heavy atom. The van der Waals surface area contributed by atoms with Crippen LogP contribution in [0, 0.1) is 0 Å². The zero-order chi connectivity index (χ0) is 13.9. The zero-order valence-corrected chi connectivity index (χ0v) is 12.7. The van der Waals surface area contributed by atoms with Crippen molar-refractivity contribution in [3.05, 3.63) is 64.3 Å². The largest absolute Gasteiger partial charge is 0.305 e. The first-order chi connectivity index (χ1) is 9.75. The van der Waals surface area contributed by atoms with Gasteiger partial charge in [0.05, 0.1) is 5.02 Å². The molecule has 0 bridgehead atoms. The van der Waals surface area contributed by atoms with E-state index in [1.54, 1.807) is 11.3 Å². The Labute approximate surface area is 127 Å². The molecule has 0 amide bonds. The Balaban J connectivity index is 1.76. The maximum Gasteiger partial charge on any atom is 0.0636 e. The molecule has 0 saturated carbocycles. The lowest BCUT2D eigenvalue weighted by Gasteiger charge is -2.13. The molecule has 3 aromatic rings. The minimum absolute atomic E-state index is 0.277. The summed E-state index contributed by atoms with van der Waals surface area (Å²) in [6.07, 6.45) is 3.64. The molecular formula is C16H15ClN2S. The summed E-state index contributed by atoms with van der Waals surface area (Å²) in [5.74, 6) is 0. The minimum atomic E-state index is 0.277. The van der Waals surface area contributed by atoms with Crippen molar-refractivity contribution in [3.8, 4) is 0 Å². The maximum absolute atomic E-state index is 6.45. The van der Waals surface area contributed by atoms with E-state index in [9.17, 15) is 0 Å². The highest BCUT2D eigenvalue weighted by Gasteiger charge is 2.11. The van der Waals surface area contributed by atoms with E-state index in [0.717, 1.165) is 17.0 Å². The maximum atomic E-state index is 6.45. The van der Waals surface area contributed by atoms with E-state index in [4.69, 9.17) is 11.6 Å². The topological polar surface area (TPSA) is 24.9 Å². The van der Waals surface area contributed by atoms with Gasteiger partial charge in [-0.15, -0.1) is 11.3 Å². The van der Waals surface area contributed by atoms with E-state index >= 15 is 0 Å². The van der Waals surface area contributed by atoms with Gasteiger partial charge in [0.15, 0.2) is 0 Å². The van der Waals surface area contributed by atoms with Gasteiger partial charge < -0.3 is 5.32 Å². The lowest BCUT2D eigenvalue weighted by molar-refractivity contribution is 0.578. The van der Waals surface area contributed by atoms with Crippen LogP contribution in [0.2, 0.25) is 5.02 Å². The zero-order valence-electron chi connectivity index (χ0n) is 11.1. The van der Waals surface area contributed by atoms with Crippen molar-refractivity contribution in [2.24, 2.45) is 0 Å². The van der Waals surface area contributed by atoms with Gasteiger partial charge in [0.1, 0.15) is 0 Å². The predicted molar refractivity (Wildman–Crippen MR) is 86.3 cm³/mol. The summed E-state index contributed by atoms with van der Waals surface area (Å²) < 4.78 is 1.24. The van der Waals surface area contributed by atoms with Crippen LogP contribution in [-0.4, -0.2) is 4.98 Å². The Bertz CT molecular complexity index is 709. The molecule has 1 N–H and O–H groups in total. The first kappa shape index (κ1) is 13.6. The first-order valence-corrected chi connectivity index (χ1v) is 7.74. The van der Waals surface area contributed by atoms with Gasteiger partial charge in [-0.25, -0.2) is 0 Å². The molecule has 2 aromatic heterocycles. The van der Waals surface area contributed by atoms with Crippen molar-refractivity contribution in [1.82, 2.24) is 10.3 Å².